The van der Waals surface area contributed by atoms with E-state index in [9.17, 15) is 19.7 Å². The van der Waals surface area contributed by atoms with Crippen LogP contribution in [0.1, 0.15) is 41.3 Å². The molecule has 0 spiro atoms. The van der Waals surface area contributed by atoms with Gasteiger partial charge in [0.1, 0.15) is 13.2 Å². The van der Waals surface area contributed by atoms with Gasteiger partial charge in [-0.2, -0.15) is 0 Å². The van der Waals surface area contributed by atoms with Crippen molar-refractivity contribution >= 4 is 23.4 Å². The average Bonchev–Trinajstić information content (AvgIpc) is 3.44. The van der Waals surface area contributed by atoms with Gasteiger partial charge in [0.2, 0.25) is 0 Å². The number of nitro benzene ring substituents is 1. The van der Waals surface area contributed by atoms with E-state index in [0.29, 0.717) is 23.6 Å². The molecule has 2 amide bonds. The Morgan fingerprint density at radius 3 is 2.41 bits per heavy atom. The molecule has 1 aliphatic heterocycles. The fourth-order valence-corrected chi connectivity index (χ4v) is 4.23. The molecule has 10 nitrogen and oxygen atoms in total. The minimum atomic E-state index is -0.797. The highest BCUT2D eigenvalue weighted by atomic mass is 16.6. The first-order chi connectivity index (χ1) is 18.9. The van der Waals surface area contributed by atoms with E-state index in [2.05, 4.69) is 5.32 Å². The Morgan fingerprint density at radius 1 is 1.03 bits per heavy atom. The summed E-state index contributed by atoms with van der Waals surface area (Å²) in [4.78, 5) is 38.4. The quantitative estimate of drug-likeness (QED) is 0.263. The number of carbonyl (C=O) groups excluding carboxylic acids is 2. The van der Waals surface area contributed by atoms with Gasteiger partial charge in [0, 0.05) is 30.4 Å². The van der Waals surface area contributed by atoms with Gasteiger partial charge in [0.15, 0.2) is 11.5 Å². The second-order valence-corrected chi connectivity index (χ2v) is 8.79. The van der Waals surface area contributed by atoms with Crippen LogP contribution in [-0.4, -0.2) is 35.5 Å². The molecule has 1 aliphatic rings. The van der Waals surface area contributed by atoms with Gasteiger partial charge in [0.05, 0.1) is 23.3 Å². The number of anilines is 1. The van der Waals surface area contributed by atoms with Gasteiger partial charge in [0.25, 0.3) is 11.6 Å². The van der Waals surface area contributed by atoms with E-state index in [1.807, 2.05) is 43.3 Å². The number of nitrogens with one attached hydrogen (secondary N) is 1. The van der Waals surface area contributed by atoms with Gasteiger partial charge < -0.3 is 19.1 Å². The summed E-state index contributed by atoms with van der Waals surface area (Å²) in [7, 11) is 1.48. The molecule has 0 saturated carbocycles. The van der Waals surface area contributed by atoms with Crippen molar-refractivity contribution < 1.29 is 28.7 Å². The highest BCUT2D eigenvalue weighted by Gasteiger charge is 2.28. The summed E-state index contributed by atoms with van der Waals surface area (Å²) in [5.74, 6) is 0.413. The van der Waals surface area contributed by atoms with Crippen molar-refractivity contribution in [1.29, 1.82) is 0 Å². The predicted octanol–water partition coefficient (Wildman–Crippen LogP) is 6.07. The van der Waals surface area contributed by atoms with Crippen molar-refractivity contribution in [3.8, 4) is 11.5 Å². The summed E-state index contributed by atoms with van der Waals surface area (Å²) in [6, 6.07) is 18.4. The Hall–Kier alpha value is -4.86. The Labute approximate surface area is 225 Å². The second-order valence-electron chi connectivity index (χ2n) is 8.79. The normalized spacial score (nSPS) is 13.7. The zero-order valence-electron chi connectivity index (χ0n) is 21.7. The molecular weight excluding hydrogens is 502 g/mol. The molecule has 1 fully saturated rings. The molecule has 10 heteroatoms. The highest BCUT2D eigenvalue weighted by Crippen LogP contribution is 2.36. The molecule has 202 valence electrons. The smallest absolute Gasteiger partial charge is 0.411 e. The van der Waals surface area contributed by atoms with Crippen LogP contribution in [0.25, 0.3) is 0 Å². The fraction of sp³-hybridized carbons (Fsp3) is 0.241. The molecule has 3 aromatic rings. The van der Waals surface area contributed by atoms with E-state index in [-0.39, 0.29) is 36.1 Å². The number of rotatable bonds is 9. The number of amides is 2. The third kappa shape index (κ3) is 6.72. The van der Waals surface area contributed by atoms with E-state index in [1.54, 1.807) is 17.0 Å². The van der Waals surface area contributed by atoms with Crippen molar-refractivity contribution in [2.75, 3.05) is 19.0 Å². The number of nitrogens with zero attached hydrogens (tertiary/aromatic N) is 2. The van der Waals surface area contributed by atoms with Crippen molar-refractivity contribution in [2.24, 2.45) is 0 Å². The van der Waals surface area contributed by atoms with Crippen LogP contribution in [0.2, 0.25) is 0 Å². The summed E-state index contributed by atoms with van der Waals surface area (Å²) >= 11 is 0. The number of nitro groups is 1. The largest absolute Gasteiger partial charge is 0.493 e. The van der Waals surface area contributed by atoms with Crippen LogP contribution in [0.3, 0.4) is 0 Å². The maximum absolute atomic E-state index is 13.6. The molecule has 0 radical (unpaired) electrons. The van der Waals surface area contributed by atoms with Crippen LogP contribution in [0.4, 0.5) is 16.2 Å². The summed E-state index contributed by atoms with van der Waals surface area (Å²) in [6.07, 6.45) is 2.75. The van der Waals surface area contributed by atoms with Crippen molar-refractivity contribution in [3.63, 3.8) is 0 Å². The van der Waals surface area contributed by atoms with Gasteiger partial charge in [-0.05, 0) is 49.1 Å². The van der Waals surface area contributed by atoms with Gasteiger partial charge in [-0.15, -0.1) is 0 Å². The average molecular weight is 532 g/mol. The molecule has 1 N–H and O–H groups in total. The van der Waals surface area contributed by atoms with Crippen LogP contribution in [0.5, 0.6) is 11.5 Å². The van der Waals surface area contributed by atoms with Gasteiger partial charge >= 0.3 is 6.09 Å². The molecule has 1 saturated heterocycles. The lowest BCUT2D eigenvalue weighted by Crippen LogP contribution is -2.28. The lowest BCUT2D eigenvalue weighted by molar-refractivity contribution is -0.384. The van der Waals surface area contributed by atoms with Crippen LogP contribution in [0, 0.1) is 10.1 Å². The predicted molar refractivity (Wildman–Crippen MR) is 145 cm³/mol. The summed E-state index contributed by atoms with van der Waals surface area (Å²) in [5.41, 5.74) is 2.80. The van der Waals surface area contributed by atoms with Crippen molar-refractivity contribution in [2.45, 2.75) is 33.0 Å². The van der Waals surface area contributed by atoms with E-state index in [0.717, 1.165) is 24.1 Å². The molecule has 0 aliphatic carbocycles. The monoisotopic (exact) mass is 531 g/mol. The Bertz CT molecular complexity index is 1370. The maximum atomic E-state index is 13.6. The Morgan fingerprint density at radius 2 is 1.74 bits per heavy atom. The SMILES string of the molecule is C/C=C1\CCCN1C(=O)c1cc(OC)c(OCc2ccccc2)cc1NC(=O)OCc1ccc([N+](=O)[O-])cc1. The third-order valence-electron chi connectivity index (χ3n) is 6.26. The van der Waals surface area contributed by atoms with E-state index in [1.165, 1.54) is 31.4 Å². The molecule has 0 unspecified atom stereocenters. The van der Waals surface area contributed by atoms with E-state index < -0.39 is 11.0 Å². The number of hydrogen-bond acceptors (Lipinski definition) is 7. The highest BCUT2D eigenvalue weighted by molar-refractivity contribution is 6.04. The number of non-ortho nitro benzene ring substituents is 1. The molecule has 0 bridgehead atoms. The Kier molecular flexibility index (Phi) is 8.78. The first-order valence-electron chi connectivity index (χ1n) is 12.4. The number of ether oxygens (including phenoxy) is 3. The van der Waals surface area contributed by atoms with E-state index in [4.69, 9.17) is 14.2 Å². The standard InChI is InChI=1S/C29H29N3O7/c1-3-22-10-7-15-31(22)28(33)24-16-26(37-2)27(38-18-20-8-5-4-6-9-20)17-25(24)30-29(34)39-19-21-11-13-23(14-12-21)32(35)36/h3-6,8-9,11-14,16-17H,7,10,15,18-19H2,1-2H3,(H,30,34)/b22-3+. The van der Waals surface area contributed by atoms with Crippen LogP contribution < -0.4 is 14.8 Å². The fourth-order valence-electron chi connectivity index (χ4n) is 4.23. The molecule has 0 aromatic heterocycles. The van der Waals surface area contributed by atoms with Crippen LogP contribution in [0.15, 0.2) is 78.5 Å². The number of carbonyl (C=O) groups is 2. The lowest BCUT2D eigenvalue weighted by atomic mass is 10.1. The Balaban J connectivity index is 1.58. The number of likely N-dealkylation sites (tertiary alicyclic amines) is 1. The summed E-state index contributed by atoms with van der Waals surface area (Å²) in [5, 5.41) is 13.5. The molecule has 0 atom stereocenters. The number of methoxy groups -OCH3 is 1. The second kappa shape index (κ2) is 12.6. The maximum Gasteiger partial charge on any atom is 0.411 e. The zero-order chi connectivity index (χ0) is 27.8. The van der Waals surface area contributed by atoms with Gasteiger partial charge in [-0.3, -0.25) is 20.2 Å². The molecule has 4 rings (SSSR count). The minimum Gasteiger partial charge on any atom is -0.493 e. The first kappa shape index (κ1) is 27.2. The first-order valence-corrected chi connectivity index (χ1v) is 12.4. The minimum absolute atomic E-state index is 0.0602. The molecule has 1 heterocycles. The van der Waals surface area contributed by atoms with Gasteiger partial charge in [-0.25, -0.2) is 4.79 Å². The van der Waals surface area contributed by atoms with Gasteiger partial charge in [-0.1, -0.05) is 36.4 Å². The molecule has 3 aromatic carbocycles. The van der Waals surface area contributed by atoms with E-state index >= 15 is 0 Å². The molecular formula is C29H29N3O7. The molecule has 39 heavy (non-hydrogen) atoms. The zero-order valence-corrected chi connectivity index (χ0v) is 21.7. The number of benzene rings is 3. The van der Waals surface area contributed by atoms with Crippen LogP contribution in [-0.2, 0) is 18.0 Å². The summed E-state index contributed by atoms with van der Waals surface area (Å²) in [6.45, 7) is 2.59. The topological polar surface area (TPSA) is 120 Å². The summed E-state index contributed by atoms with van der Waals surface area (Å²) < 4.78 is 16.9. The van der Waals surface area contributed by atoms with Crippen molar-refractivity contribution in [1.82, 2.24) is 4.90 Å². The number of allylic oxidation sites excluding steroid dienone is 2. The van der Waals surface area contributed by atoms with Crippen LogP contribution >= 0.6 is 0 Å². The lowest BCUT2D eigenvalue weighted by Gasteiger charge is -2.22. The van der Waals surface area contributed by atoms with Crippen molar-refractivity contribution in [3.05, 3.63) is 105 Å². The third-order valence-corrected chi connectivity index (χ3v) is 6.26. The number of hydrogen-bond donors (Lipinski definition) is 1.